The van der Waals surface area contributed by atoms with Crippen LogP contribution in [-0.4, -0.2) is 40.9 Å². The van der Waals surface area contributed by atoms with Crippen LogP contribution in [0.2, 0.25) is 0 Å². The van der Waals surface area contributed by atoms with Crippen molar-refractivity contribution in [3.63, 3.8) is 0 Å². The zero-order chi connectivity index (χ0) is 22.1. The Balaban J connectivity index is 1.96. The number of amides is 1. The number of nitrogens with two attached hydrogens (primary N) is 1. The Morgan fingerprint density at radius 3 is 2.67 bits per heavy atom. The maximum atomic E-state index is 14.5. The number of nitrogens with one attached hydrogen (secondary N) is 1. The molecule has 0 bridgehead atoms. The Bertz CT molecular complexity index is 980. The Morgan fingerprint density at radius 2 is 2.07 bits per heavy atom. The fraction of sp³-hybridized carbons (Fsp3) is 0.333. The largest absolute Gasteiger partial charge is 0.452 e. The molecule has 2 heterocycles. The summed E-state index contributed by atoms with van der Waals surface area (Å²) in [5.74, 6) is -1.71. The molecule has 0 radical (unpaired) electrons. The molecule has 0 unspecified atom stereocenters. The number of halogens is 5. The molecule has 0 saturated heterocycles. The standard InChI is InChI=1S/C18H16F5N5O2/c1-9-6-26-13(7-25-9)15(29)27-10-2-3-12(20)11(4-10)17(8-19)5-14(18(21,22)23)30-16(24)28-17/h2-4,6-7,14H,5,8H2,1H3,(H2,24,28)(H,27,29)/t14-,17+/m0/s1. The van der Waals surface area contributed by atoms with Gasteiger partial charge >= 0.3 is 6.18 Å². The maximum Gasteiger partial charge on any atom is 0.425 e. The predicted octanol–water partition coefficient (Wildman–Crippen LogP) is 3.01. The summed E-state index contributed by atoms with van der Waals surface area (Å²) in [5, 5.41) is 2.41. The van der Waals surface area contributed by atoms with Crippen molar-refractivity contribution < 1.29 is 31.5 Å². The number of ether oxygens (including phenoxy) is 1. The van der Waals surface area contributed by atoms with Gasteiger partial charge in [-0.1, -0.05) is 0 Å². The molecule has 1 aliphatic rings. The number of hydrogen-bond acceptors (Lipinski definition) is 6. The first kappa shape index (κ1) is 21.4. The zero-order valence-corrected chi connectivity index (χ0v) is 15.5. The fourth-order valence-electron chi connectivity index (χ4n) is 2.95. The van der Waals surface area contributed by atoms with E-state index in [9.17, 15) is 26.7 Å². The second-order valence-electron chi connectivity index (χ2n) is 6.66. The first-order chi connectivity index (χ1) is 14.0. The van der Waals surface area contributed by atoms with E-state index in [2.05, 4.69) is 25.0 Å². The molecule has 0 fully saturated rings. The summed E-state index contributed by atoms with van der Waals surface area (Å²) in [4.78, 5) is 23.7. The van der Waals surface area contributed by atoms with Crippen molar-refractivity contribution in [2.75, 3.05) is 12.0 Å². The van der Waals surface area contributed by atoms with Gasteiger partial charge < -0.3 is 15.8 Å². The summed E-state index contributed by atoms with van der Waals surface area (Å²) in [6.07, 6.45) is -5.78. The third-order valence-corrected chi connectivity index (χ3v) is 4.44. The smallest absolute Gasteiger partial charge is 0.425 e. The first-order valence-corrected chi connectivity index (χ1v) is 8.59. The van der Waals surface area contributed by atoms with Crippen molar-refractivity contribution in [2.24, 2.45) is 10.7 Å². The van der Waals surface area contributed by atoms with Gasteiger partial charge in [0.15, 0.2) is 6.10 Å². The van der Waals surface area contributed by atoms with Crippen LogP contribution in [0.3, 0.4) is 0 Å². The molecule has 0 spiro atoms. The monoisotopic (exact) mass is 429 g/mol. The van der Waals surface area contributed by atoms with Crippen molar-refractivity contribution >= 4 is 17.6 Å². The average Bonchev–Trinajstić information content (AvgIpc) is 2.68. The van der Waals surface area contributed by atoms with Crippen molar-refractivity contribution in [1.82, 2.24) is 9.97 Å². The quantitative estimate of drug-likeness (QED) is 0.728. The van der Waals surface area contributed by atoms with Crippen LogP contribution in [0.4, 0.5) is 27.6 Å². The predicted molar refractivity (Wildman–Crippen MR) is 95.9 cm³/mol. The summed E-state index contributed by atoms with van der Waals surface area (Å²) in [6.45, 7) is 0.201. The number of aliphatic imine (C=N–C) groups is 1. The van der Waals surface area contributed by atoms with E-state index < -0.39 is 54.2 Å². The molecule has 0 aliphatic carbocycles. The Morgan fingerprint density at radius 1 is 1.33 bits per heavy atom. The fourth-order valence-corrected chi connectivity index (χ4v) is 2.95. The number of carbonyl (C=O) groups is 1. The van der Waals surface area contributed by atoms with E-state index in [4.69, 9.17) is 5.73 Å². The molecule has 2 aromatic rings. The Labute approximate surface area is 167 Å². The van der Waals surface area contributed by atoms with E-state index in [-0.39, 0.29) is 11.4 Å². The molecule has 12 heteroatoms. The SMILES string of the molecule is Cc1cnc(C(=O)Nc2ccc(F)c([C@]3(CF)C[C@@H](C(F)(F)F)OC(N)=N3)c2)cn1. The summed E-state index contributed by atoms with van der Waals surface area (Å²) in [7, 11) is 0. The number of hydrogen-bond donors (Lipinski definition) is 2. The van der Waals surface area contributed by atoms with E-state index in [1.807, 2.05) is 0 Å². The molecule has 1 aliphatic heterocycles. The molecule has 1 aromatic heterocycles. The van der Waals surface area contributed by atoms with Crippen molar-refractivity contribution in [3.8, 4) is 0 Å². The van der Waals surface area contributed by atoms with Crippen LogP contribution in [0.5, 0.6) is 0 Å². The lowest BCUT2D eigenvalue weighted by Crippen LogP contribution is -2.48. The van der Waals surface area contributed by atoms with Crippen LogP contribution in [0, 0.1) is 12.7 Å². The first-order valence-electron chi connectivity index (χ1n) is 8.59. The molecule has 1 aromatic carbocycles. The number of carbonyl (C=O) groups excluding carboxylic acids is 1. The van der Waals surface area contributed by atoms with Crippen LogP contribution in [-0.2, 0) is 10.3 Å². The van der Waals surface area contributed by atoms with Crippen LogP contribution in [0.15, 0.2) is 35.6 Å². The third kappa shape index (κ3) is 4.31. The van der Waals surface area contributed by atoms with Crippen molar-refractivity contribution in [2.45, 2.75) is 31.2 Å². The molecule has 3 rings (SSSR count). The zero-order valence-electron chi connectivity index (χ0n) is 15.5. The van der Waals surface area contributed by atoms with E-state index in [0.29, 0.717) is 5.69 Å². The van der Waals surface area contributed by atoms with E-state index in [1.165, 1.54) is 12.4 Å². The Kier molecular flexibility index (Phi) is 5.59. The second kappa shape index (κ2) is 7.84. The molecular formula is C18H16F5N5O2. The minimum atomic E-state index is -4.87. The number of aryl methyl sites for hydroxylation is 1. The third-order valence-electron chi connectivity index (χ3n) is 4.44. The van der Waals surface area contributed by atoms with Crippen LogP contribution in [0.1, 0.15) is 28.2 Å². The van der Waals surface area contributed by atoms with E-state index in [0.717, 1.165) is 18.2 Å². The lowest BCUT2D eigenvalue weighted by Gasteiger charge is -2.36. The van der Waals surface area contributed by atoms with Gasteiger partial charge in [-0.15, -0.1) is 0 Å². The molecule has 0 saturated carbocycles. The molecule has 160 valence electrons. The van der Waals surface area contributed by atoms with Gasteiger partial charge in [-0.3, -0.25) is 9.78 Å². The van der Waals surface area contributed by atoms with Gasteiger partial charge in [0.25, 0.3) is 11.9 Å². The summed E-state index contributed by atoms with van der Waals surface area (Å²) < 4.78 is 72.4. The number of anilines is 1. The number of aromatic nitrogens is 2. The summed E-state index contributed by atoms with van der Waals surface area (Å²) in [5.41, 5.74) is 3.08. The molecule has 3 N–H and O–H groups in total. The van der Waals surface area contributed by atoms with Gasteiger partial charge in [-0.25, -0.2) is 18.8 Å². The lowest BCUT2D eigenvalue weighted by atomic mass is 9.84. The number of alkyl halides is 4. The number of nitrogens with zero attached hydrogens (tertiary/aromatic N) is 3. The number of benzene rings is 1. The van der Waals surface area contributed by atoms with Crippen molar-refractivity contribution in [3.05, 3.63) is 53.4 Å². The van der Waals surface area contributed by atoms with Gasteiger partial charge in [0.1, 0.15) is 23.7 Å². The lowest BCUT2D eigenvalue weighted by molar-refractivity contribution is -0.209. The topological polar surface area (TPSA) is 102 Å². The molecule has 1 amide bonds. The number of rotatable bonds is 4. The molecule has 2 atom stereocenters. The molecule has 30 heavy (non-hydrogen) atoms. The maximum absolute atomic E-state index is 14.5. The van der Waals surface area contributed by atoms with Gasteiger partial charge in [0.2, 0.25) is 0 Å². The van der Waals surface area contributed by atoms with Gasteiger partial charge in [0, 0.05) is 23.9 Å². The van der Waals surface area contributed by atoms with Gasteiger partial charge in [-0.05, 0) is 25.1 Å². The average molecular weight is 429 g/mol. The van der Waals surface area contributed by atoms with Crippen LogP contribution in [0.25, 0.3) is 0 Å². The highest BCUT2D eigenvalue weighted by Gasteiger charge is 2.52. The Hall–Kier alpha value is -3.31. The van der Waals surface area contributed by atoms with Gasteiger partial charge in [-0.2, -0.15) is 13.2 Å². The normalized spacial score (nSPS) is 21.5. The van der Waals surface area contributed by atoms with Crippen molar-refractivity contribution in [1.29, 1.82) is 0 Å². The van der Waals surface area contributed by atoms with Crippen LogP contribution < -0.4 is 11.1 Å². The highest BCUT2D eigenvalue weighted by Crippen LogP contribution is 2.42. The van der Waals surface area contributed by atoms with E-state index >= 15 is 0 Å². The van der Waals surface area contributed by atoms with E-state index in [1.54, 1.807) is 6.92 Å². The summed E-state index contributed by atoms with van der Waals surface area (Å²) in [6, 6.07) is 2.14. The van der Waals surface area contributed by atoms with Gasteiger partial charge in [0.05, 0.1) is 11.9 Å². The molecule has 7 nitrogen and oxygen atoms in total. The van der Waals surface area contributed by atoms with Crippen LogP contribution >= 0.6 is 0 Å². The number of amidine groups is 1. The second-order valence-corrected chi connectivity index (χ2v) is 6.66. The highest BCUT2D eigenvalue weighted by atomic mass is 19.4. The minimum absolute atomic E-state index is 0.00424. The minimum Gasteiger partial charge on any atom is -0.452 e. The summed E-state index contributed by atoms with van der Waals surface area (Å²) >= 11 is 0. The highest BCUT2D eigenvalue weighted by molar-refractivity contribution is 6.02. The molecular weight excluding hydrogens is 413 g/mol.